The summed E-state index contributed by atoms with van der Waals surface area (Å²) in [6, 6.07) is 0.760. The Kier molecular flexibility index (Phi) is 5.04. The lowest BCUT2D eigenvalue weighted by atomic mass is 9.41. The molecule has 0 radical (unpaired) electrons. The van der Waals surface area contributed by atoms with Gasteiger partial charge in [0.1, 0.15) is 5.82 Å². The van der Waals surface area contributed by atoms with Crippen LogP contribution in [0, 0.1) is 17.2 Å². The standard InChI is InChI=1S/C20H19F7N4O2S/c21-17-13-8-30(34(32,33)20(25,26)27)9-16(18-3-11(4-18)5-18)31(7-12-6-28-10-29-12)15(13)2-1-14(17)19(22,23)24/h1-2,6,10-11,16H,3-5,7-9H2,(H,28,29). The summed E-state index contributed by atoms with van der Waals surface area (Å²) in [6.07, 6.45) is -0.326. The van der Waals surface area contributed by atoms with E-state index in [1.54, 1.807) is 0 Å². The fourth-order valence-electron chi connectivity index (χ4n) is 5.51. The number of aromatic amines is 1. The summed E-state index contributed by atoms with van der Waals surface area (Å²) in [4.78, 5) is 8.26. The van der Waals surface area contributed by atoms with Gasteiger partial charge in [0.15, 0.2) is 0 Å². The molecule has 1 atom stereocenters. The van der Waals surface area contributed by atoms with Crippen molar-refractivity contribution in [2.75, 3.05) is 11.4 Å². The third kappa shape index (κ3) is 3.48. The van der Waals surface area contributed by atoms with Gasteiger partial charge in [-0.15, -0.1) is 0 Å². The van der Waals surface area contributed by atoms with Crippen molar-refractivity contribution >= 4 is 15.7 Å². The average molecular weight is 512 g/mol. The minimum absolute atomic E-state index is 0.0191. The van der Waals surface area contributed by atoms with Crippen LogP contribution in [0.25, 0.3) is 0 Å². The normalized spacial score (nSPS) is 27.6. The third-order valence-corrected chi connectivity index (χ3v) is 8.78. The van der Waals surface area contributed by atoms with Gasteiger partial charge in [-0.1, -0.05) is 0 Å². The van der Waals surface area contributed by atoms with Gasteiger partial charge >= 0.3 is 21.7 Å². The van der Waals surface area contributed by atoms with Gasteiger partial charge < -0.3 is 9.88 Å². The minimum atomic E-state index is -5.94. The van der Waals surface area contributed by atoms with Crippen molar-refractivity contribution in [3.63, 3.8) is 0 Å². The van der Waals surface area contributed by atoms with E-state index in [1.165, 1.54) is 17.4 Å². The van der Waals surface area contributed by atoms with Crippen LogP contribution in [-0.2, 0) is 29.3 Å². The second-order valence-electron chi connectivity index (χ2n) is 9.23. The Morgan fingerprint density at radius 1 is 1.12 bits per heavy atom. The van der Waals surface area contributed by atoms with Crippen molar-refractivity contribution in [2.24, 2.45) is 11.3 Å². The molecule has 3 fully saturated rings. The molecule has 34 heavy (non-hydrogen) atoms. The highest BCUT2D eigenvalue weighted by atomic mass is 32.2. The van der Waals surface area contributed by atoms with E-state index >= 15 is 4.39 Å². The van der Waals surface area contributed by atoms with Crippen LogP contribution < -0.4 is 4.90 Å². The van der Waals surface area contributed by atoms with E-state index in [0.717, 1.165) is 6.07 Å². The van der Waals surface area contributed by atoms with Crippen LogP contribution in [0.5, 0.6) is 0 Å². The summed E-state index contributed by atoms with van der Waals surface area (Å²) < 4.78 is 121. The highest BCUT2D eigenvalue weighted by molar-refractivity contribution is 7.89. The van der Waals surface area contributed by atoms with E-state index < -0.39 is 63.2 Å². The van der Waals surface area contributed by atoms with Gasteiger partial charge in [-0.25, -0.2) is 17.8 Å². The van der Waals surface area contributed by atoms with Crippen LogP contribution in [0.15, 0.2) is 24.7 Å². The van der Waals surface area contributed by atoms with Crippen molar-refractivity contribution in [2.45, 2.75) is 50.1 Å². The zero-order valence-electron chi connectivity index (χ0n) is 17.4. The number of rotatable bonds is 4. The Morgan fingerprint density at radius 3 is 2.29 bits per heavy atom. The number of H-pyrrole nitrogens is 1. The van der Waals surface area contributed by atoms with E-state index in [-0.39, 0.29) is 16.5 Å². The first kappa shape index (κ1) is 23.4. The predicted molar refractivity (Wildman–Crippen MR) is 105 cm³/mol. The summed E-state index contributed by atoms with van der Waals surface area (Å²) in [5.74, 6) is -1.39. The van der Waals surface area contributed by atoms with Crippen molar-refractivity contribution in [1.82, 2.24) is 14.3 Å². The van der Waals surface area contributed by atoms with Crippen LogP contribution in [0.2, 0.25) is 0 Å². The summed E-state index contributed by atoms with van der Waals surface area (Å²) in [5.41, 5.74) is -8.15. The molecule has 1 unspecified atom stereocenters. The molecule has 1 aromatic heterocycles. The highest BCUT2D eigenvalue weighted by Gasteiger charge is 2.63. The first-order valence-corrected chi connectivity index (χ1v) is 11.9. The number of benzene rings is 1. The molecule has 1 aromatic carbocycles. The zero-order chi connectivity index (χ0) is 24.7. The maximum absolute atomic E-state index is 15.2. The Morgan fingerprint density at radius 2 is 1.79 bits per heavy atom. The summed E-state index contributed by atoms with van der Waals surface area (Å²) in [7, 11) is -5.94. The molecule has 14 heteroatoms. The van der Waals surface area contributed by atoms with Gasteiger partial charge in [-0.05, 0) is 42.7 Å². The number of halogens is 7. The van der Waals surface area contributed by atoms with Gasteiger partial charge in [0.05, 0.1) is 24.1 Å². The molecule has 4 aliphatic rings. The van der Waals surface area contributed by atoms with Crippen LogP contribution in [0.4, 0.5) is 36.4 Å². The molecule has 0 amide bonds. The van der Waals surface area contributed by atoms with E-state index in [4.69, 9.17) is 0 Å². The minimum Gasteiger partial charge on any atom is -0.360 e. The molecular weight excluding hydrogens is 493 g/mol. The second kappa shape index (κ2) is 7.33. The molecule has 2 heterocycles. The average Bonchev–Trinajstić information content (AvgIpc) is 3.09. The van der Waals surface area contributed by atoms with E-state index in [9.17, 15) is 34.8 Å². The second-order valence-corrected chi connectivity index (χ2v) is 11.2. The van der Waals surface area contributed by atoms with E-state index in [0.29, 0.717) is 36.9 Å². The Labute approximate surface area is 189 Å². The first-order chi connectivity index (χ1) is 15.7. The molecule has 2 aromatic rings. The molecule has 1 N–H and O–H groups in total. The molecule has 0 spiro atoms. The largest absolute Gasteiger partial charge is 0.511 e. The molecule has 6 rings (SSSR count). The SMILES string of the molecule is O=S(=O)(N1Cc2c(ccc(C(F)(F)F)c2F)N(Cc2cnc[nH]2)C(C23CC(C2)C3)C1)C(F)(F)F. The molecule has 3 saturated carbocycles. The van der Waals surface area contributed by atoms with Gasteiger partial charge in [0, 0.05) is 36.6 Å². The van der Waals surface area contributed by atoms with Crippen molar-refractivity contribution in [3.05, 3.63) is 47.3 Å². The number of hydrogen-bond donors (Lipinski definition) is 1. The fraction of sp³-hybridized carbons (Fsp3) is 0.550. The van der Waals surface area contributed by atoms with Crippen molar-refractivity contribution < 1.29 is 39.2 Å². The summed E-state index contributed by atoms with van der Waals surface area (Å²) in [6.45, 7) is -1.81. The number of fused-ring (bicyclic) bond motifs is 1. The molecule has 0 saturated heterocycles. The lowest BCUT2D eigenvalue weighted by Crippen LogP contribution is -2.66. The maximum Gasteiger partial charge on any atom is 0.511 e. The van der Waals surface area contributed by atoms with Crippen LogP contribution in [-0.4, -0.2) is 40.8 Å². The van der Waals surface area contributed by atoms with Crippen LogP contribution >= 0.6 is 0 Å². The lowest BCUT2D eigenvalue weighted by Gasteiger charge is -2.67. The van der Waals surface area contributed by atoms with E-state index in [1.807, 2.05) is 0 Å². The molecule has 3 aliphatic carbocycles. The third-order valence-electron chi connectivity index (χ3n) is 7.24. The Hall–Kier alpha value is -2.35. The van der Waals surface area contributed by atoms with Gasteiger partial charge in [-0.3, -0.25) is 0 Å². The highest BCUT2D eigenvalue weighted by Crippen LogP contribution is 2.67. The number of hydrogen-bond acceptors (Lipinski definition) is 4. The maximum atomic E-state index is 15.2. The Bertz CT molecular complexity index is 1190. The number of sulfonamides is 1. The first-order valence-electron chi connectivity index (χ1n) is 10.4. The predicted octanol–water partition coefficient (Wildman–Crippen LogP) is 4.41. The molecule has 186 valence electrons. The van der Waals surface area contributed by atoms with Gasteiger partial charge in [0.25, 0.3) is 0 Å². The fourth-order valence-corrected chi connectivity index (χ4v) is 6.44. The van der Waals surface area contributed by atoms with Gasteiger partial charge in [0.2, 0.25) is 0 Å². The number of nitrogens with zero attached hydrogens (tertiary/aromatic N) is 3. The number of alkyl halides is 6. The van der Waals surface area contributed by atoms with Crippen LogP contribution in [0.3, 0.4) is 0 Å². The molecule has 6 nitrogen and oxygen atoms in total. The Balaban J connectivity index is 1.70. The van der Waals surface area contributed by atoms with E-state index in [2.05, 4.69) is 9.97 Å². The quantitative estimate of drug-likeness (QED) is 0.617. The number of nitrogens with one attached hydrogen (secondary N) is 1. The molecule has 2 bridgehead atoms. The topological polar surface area (TPSA) is 69.3 Å². The summed E-state index contributed by atoms with van der Waals surface area (Å²) in [5, 5.41) is 0. The molecule has 1 aliphatic heterocycles. The smallest absolute Gasteiger partial charge is 0.360 e. The zero-order valence-corrected chi connectivity index (χ0v) is 18.2. The monoisotopic (exact) mass is 512 g/mol. The van der Waals surface area contributed by atoms with Crippen molar-refractivity contribution in [1.29, 1.82) is 0 Å². The van der Waals surface area contributed by atoms with Crippen molar-refractivity contribution in [3.8, 4) is 0 Å². The van der Waals surface area contributed by atoms with Crippen LogP contribution in [0.1, 0.15) is 36.1 Å². The number of anilines is 1. The van der Waals surface area contributed by atoms with Gasteiger partial charge in [-0.2, -0.15) is 30.6 Å². The lowest BCUT2D eigenvalue weighted by molar-refractivity contribution is -0.140. The number of imidazole rings is 1. The number of aromatic nitrogens is 2. The summed E-state index contributed by atoms with van der Waals surface area (Å²) >= 11 is 0. The molecular formula is C20H19F7N4O2S.